The van der Waals surface area contributed by atoms with E-state index in [4.69, 9.17) is 9.47 Å². The van der Waals surface area contributed by atoms with Gasteiger partial charge in [-0.2, -0.15) is 0 Å². The topological polar surface area (TPSA) is 93.1 Å². The van der Waals surface area contributed by atoms with Gasteiger partial charge in [0.1, 0.15) is 12.2 Å². The zero-order valence-electron chi connectivity index (χ0n) is 13.1. The van der Waals surface area contributed by atoms with Crippen molar-refractivity contribution >= 4 is 11.9 Å². The molecule has 1 aromatic carbocycles. The number of aliphatic hydroxyl groups is 2. The standard InChI is InChI=1S/C16H22O6/c1-9(17)11(3)21-15(19)13-5-7-14(8-6-13)16(20)22-12(4)10(2)18/h5-12,17-18H,1-4H3. The van der Waals surface area contributed by atoms with Gasteiger partial charge in [0.05, 0.1) is 23.3 Å². The molecule has 0 aliphatic heterocycles. The second kappa shape index (κ2) is 7.91. The molecule has 0 aromatic heterocycles. The number of hydrogen-bond donors (Lipinski definition) is 2. The molecule has 1 aromatic rings. The van der Waals surface area contributed by atoms with Crippen LogP contribution in [0.2, 0.25) is 0 Å². The third-order valence-corrected chi connectivity index (χ3v) is 3.30. The first-order chi connectivity index (χ1) is 10.2. The average molecular weight is 310 g/mol. The Morgan fingerprint density at radius 3 is 1.27 bits per heavy atom. The van der Waals surface area contributed by atoms with Gasteiger partial charge in [0.15, 0.2) is 0 Å². The highest BCUT2D eigenvalue weighted by molar-refractivity contribution is 5.93. The summed E-state index contributed by atoms with van der Waals surface area (Å²) in [6.07, 6.45) is -2.77. The van der Waals surface area contributed by atoms with E-state index in [1.54, 1.807) is 13.8 Å². The summed E-state index contributed by atoms with van der Waals surface area (Å²) in [7, 11) is 0. The van der Waals surface area contributed by atoms with Crippen molar-refractivity contribution in [1.82, 2.24) is 0 Å². The van der Waals surface area contributed by atoms with E-state index in [0.717, 1.165) is 0 Å². The van der Waals surface area contributed by atoms with Crippen molar-refractivity contribution in [3.63, 3.8) is 0 Å². The summed E-state index contributed by atoms with van der Waals surface area (Å²) >= 11 is 0. The Morgan fingerprint density at radius 1 is 0.773 bits per heavy atom. The van der Waals surface area contributed by atoms with Crippen molar-refractivity contribution in [2.75, 3.05) is 0 Å². The normalized spacial score (nSPS) is 16.3. The monoisotopic (exact) mass is 310 g/mol. The SMILES string of the molecule is CC(O)C(C)OC(=O)c1ccc(C(=O)OC(C)C(C)O)cc1. The van der Waals surface area contributed by atoms with Crippen LogP contribution < -0.4 is 0 Å². The predicted octanol–water partition coefficient (Wildman–Crippen LogP) is 1.54. The minimum absolute atomic E-state index is 0.271. The summed E-state index contributed by atoms with van der Waals surface area (Å²) in [6.45, 7) is 6.23. The molecule has 0 amide bonds. The van der Waals surface area contributed by atoms with Crippen LogP contribution in [0.3, 0.4) is 0 Å². The first-order valence-corrected chi connectivity index (χ1v) is 7.10. The Kier molecular flexibility index (Phi) is 6.52. The van der Waals surface area contributed by atoms with Gasteiger partial charge >= 0.3 is 11.9 Å². The molecule has 0 spiro atoms. The first-order valence-electron chi connectivity index (χ1n) is 7.10. The van der Waals surface area contributed by atoms with Crippen molar-refractivity contribution in [3.05, 3.63) is 35.4 Å². The van der Waals surface area contributed by atoms with Gasteiger partial charge in [0.2, 0.25) is 0 Å². The van der Waals surface area contributed by atoms with Crippen molar-refractivity contribution in [2.24, 2.45) is 0 Å². The minimum Gasteiger partial charge on any atom is -0.456 e. The second-order valence-corrected chi connectivity index (χ2v) is 5.28. The smallest absolute Gasteiger partial charge is 0.338 e. The number of carbonyl (C=O) groups excluding carboxylic acids is 2. The number of rotatable bonds is 6. The third-order valence-electron chi connectivity index (χ3n) is 3.30. The molecule has 0 saturated carbocycles. The highest BCUT2D eigenvalue weighted by Crippen LogP contribution is 2.11. The Bertz CT molecular complexity index is 459. The Hall–Kier alpha value is -1.92. The molecule has 0 aliphatic rings. The Balaban J connectivity index is 2.70. The predicted molar refractivity (Wildman–Crippen MR) is 79.6 cm³/mol. The van der Waals surface area contributed by atoms with Crippen LogP contribution in [-0.4, -0.2) is 46.6 Å². The van der Waals surface area contributed by atoms with Gasteiger partial charge in [0.25, 0.3) is 0 Å². The largest absolute Gasteiger partial charge is 0.456 e. The molecule has 22 heavy (non-hydrogen) atoms. The lowest BCUT2D eigenvalue weighted by molar-refractivity contribution is -0.00540. The first kappa shape index (κ1) is 18.1. The fraction of sp³-hybridized carbons (Fsp3) is 0.500. The van der Waals surface area contributed by atoms with Crippen molar-refractivity contribution in [2.45, 2.75) is 52.1 Å². The zero-order chi connectivity index (χ0) is 16.9. The van der Waals surface area contributed by atoms with E-state index in [-0.39, 0.29) is 11.1 Å². The molecule has 0 saturated heterocycles. The van der Waals surface area contributed by atoms with Crippen LogP contribution in [0.15, 0.2) is 24.3 Å². The lowest BCUT2D eigenvalue weighted by Gasteiger charge is -2.16. The molecule has 4 unspecified atom stereocenters. The molecule has 0 aliphatic carbocycles. The quantitative estimate of drug-likeness (QED) is 0.774. The molecule has 4 atom stereocenters. The fourth-order valence-corrected chi connectivity index (χ4v) is 1.41. The van der Waals surface area contributed by atoms with Gasteiger partial charge in [-0.3, -0.25) is 0 Å². The Labute approximate surface area is 129 Å². The molecule has 6 heteroatoms. The molecule has 0 radical (unpaired) electrons. The average Bonchev–Trinajstić information content (AvgIpc) is 2.46. The van der Waals surface area contributed by atoms with Crippen LogP contribution in [-0.2, 0) is 9.47 Å². The van der Waals surface area contributed by atoms with E-state index in [9.17, 15) is 19.8 Å². The number of benzene rings is 1. The van der Waals surface area contributed by atoms with Gasteiger partial charge in [-0.05, 0) is 52.0 Å². The zero-order valence-corrected chi connectivity index (χ0v) is 13.1. The van der Waals surface area contributed by atoms with E-state index < -0.39 is 36.4 Å². The van der Waals surface area contributed by atoms with Crippen LogP contribution in [0, 0.1) is 0 Å². The molecular weight excluding hydrogens is 288 g/mol. The summed E-state index contributed by atoms with van der Waals surface area (Å²) in [5.41, 5.74) is 0.542. The Morgan fingerprint density at radius 2 is 1.05 bits per heavy atom. The second-order valence-electron chi connectivity index (χ2n) is 5.28. The molecule has 0 fully saturated rings. The fourth-order valence-electron chi connectivity index (χ4n) is 1.41. The lowest BCUT2D eigenvalue weighted by Crippen LogP contribution is -2.26. The van der Waals surface area contributed by atoms with Crippen LogP contribution in [0.1, 0.15) is 48.4 Å². The molecular formula is C16H22O6. The van der Waals surface area contributed by atoms with Crippen LogP contribution >= 0.6 is 0 Å². The number of hydrogen-bond acceptors (Lipinski definition) is 6. The van der Waals surface area contributed by atoms with E-state index in [0.29, 0.717) is 0 Å². The van der Waals surface area contributed by atoms with Crippen molar-refractivity contribution in [3.8, 4) is 0 Å². The van der Waals surface area contributed by atoms with Gasteiger partial charge < -0.3 is 19.7 Å². The lowest BCUT2D eigenvalue weighted by atomic mass is 10.1. The minimum atomic E-state index is -0.764. The van der Waals surface area contributed by atoms with Crippen molar-refractivity contribution in [1.29, 1.82) is 0 Å². The number of aliphatic hydroxyl groups excluding tert-OH is 2. The molecule has 2 N–H and O–H groups in total. The number of ether oxygens (including phenoxy) is 2. The third kappa shape index (κ3) is 5.13. The van der Waals surface area contributed by atoms with Gasteiger partial charge in [-0.25, -0.2) is 9.59 Å². The van der Waals surface area contributed by atoms with Gasteiger partial charge in [0, 0.05) is 0 Å². The van der Waals surface area contributed by atoms with Gasteiger partial charge in [-0.1, -0.05) is 0 Å². The maximum atomic E-state index is 11.8. The number of carbonyl (C=O) groups is 2. The number of esters is 2. The van der Waals surface area contributed by atoms with E-state index in [1.165, 1.54) is 38.1 Å². The van der Waals surface area contributed by atoms with Crippen LogP contribution in [0.5, 0.6) is 0 Å². The molecule has 122 valence electrons. The molecule has 0 bridgehead atoms. The maximum Gasteiger partial charge on any atom is 0.338 e. The maximum absolute atomic E-state index is 11.8. The van der Waals surface area contributed by atoms with E-state index in [1.807, 2.05) is 0 Å². The molecule has 1 rings (SSSR count). The summed E-state index contributed by atoms with van der Waals surface area (Å²) in [5.74, 6) is -1.16. The molecule has 0 heterocycles. The summed E-state index contributed by atoms with van der Waals surface area (Å²) in [5, 5.41) is 18.6. The highest BCUT2D eigenvalue weighted by atomic mass is 16.6. The summed E-state index contributed by atoms with van der Waals surface area (Å²) < 4.78 is 10.1. The molecule has 6 nitrogen and oxygen atoms in total. The summed E-state index contributed by atoms with van der Waals surface area (Å²) in [4.78, 5) is 23.7. The van der Waals surface area contributed by atoms with Gasteiger partial charge in [-0.15, -0.1) is 0 Å². The van der Waals surface area contributed by atoms with Crippen LogP contribution in [0.4, 0.5) is 0 Å². The van der Waals surface area contributed by atoms with Crippen LogP contribution in [0.25, 0.3) is 0 Å². The van der Waals surface area contributed by atoms with Crippen molar-refractivity contribution < 1.29 is 29.3 Å². The summed E-state index contributed by atoms with van der Waals surface area (Å²) in [6, 6.07) is 5.78. The van der Waals surface area contributed by atoms with E-state index >= 15 is 0 Å². The van der Waals surface area contributed by atoms with E-state index in [2.05, 4.69) is 0 Å². The highest BCUT2D eigenvalue weighted by Gasteiger charge is 2.18.